The van der Waals surface area contributed by atoms with E-state index >= 15 is 0 Å². The normalized spacial score (nSPS) is 14.1. The average molecular weight is 228 g/mol. The fourth-order valence-electron chi connectivity index (χ4n) is 1.55. The van der Waals surface area contributed by atoms with Crippen LogP contribution in [0.4, 0.5) is 0 Å². The fraction of sp³-hybridized carbons (Fsp3) is 0.231. The van der Waals surface area contributed by atoms with E-state index in [1.807, 2.05) is 25.1 Å². The highest BCUT2D eigenvalue weighted by Crippen LogP contribution is 2.16. The Balaban J connectivity index is 2.12. The summed E-state index contributed by atoms with van der Waals surface area (Å²) in [5.41, 5.74) is 2.14. The van der Waals surface area contributed by atoms with Gasteiger partial charge in [-0.1, -0.05) is 17.7 Å². The lowest BCUT2D eigenvalue weighted by Crippen LogP contribution is -2.23. The van der Waals surface area contributed by atoms with Gasteiger partial charge in [-0.15, -0.1) is 0 Å². The van der Waals surface area contributed by atoms with Crippen LogP contribution in [-0.4, -0.2) is 12.5 Å². The van der Waals surface area contributed by atoms with E-state index in [2.05, 4.69) is 5.32 Å². The second kappa shape index (κ2) is 4.71. The predicted molar refractivity (Wildman–Crippen MR) is 61.9 cm³/mol. The molecule has 4 heteroatoms. The number of ether oxygens (including phenoxy) is 1. The number of carbonyl (C=O) groups excluding carboxylic acids is 1. The van der Waals surface area contributed by atoms with Crippen molar-refractivity contribution < 1.29 is 9.53 Å². The van der Waals surface area contributed by atoms with Crippen molar-refractivity contribution in [3.05, 3.63) is 46.8 Å². The number of hydrogen-bond acceptors (Lipinski definition) is 3. The van der Waals surface area contributed by atoms with Gasteiger partial charge in [0.05, 0.1) is 12.2 Å². The average Bonchev–Trinajstić information content (AvgIpc) is 2.77. The molecule has 0 fully saturated rings. The molecule has 0 unspecified atom stereocenters. The number of nitrogens with one attached hydrogen (secondary N) is 1. The van der Waals surface area contributed by atoms with Gasteiger partial charge in [-0.3, -0.25) is 10.1 Å². The molecular formula is C13H12N2O2. The molecule has 17 heavy (non-hydrogen) atoms. The molecule has 2 rings (SSSR count). The first-order valence-electron chi connectivity index (χ1n) is 5.35. The SMILES string of the molecule is Cc1ccc(C(=O)NC2=C(C#N)CCO2)cc1. The quantitative estimate of drug-likeness (QED) is 0.840. The van der Waals surface area contributed by atoms with Gasteiger partial charge < -0.3 is 4.74 Å². The van der Waals surface area contributed by atoms with Crippen molar-refractivity contribution in [2.24, 2.45) is 0 Å². The molecular weight excluding hydrogens is 216 g/mol. The van der Waals surface area contributed by atoms with Gasteiger partial charge in [0.1, 0.15) is 6.07 Å². The van der Waals surface area contributed by atoms with Crippen LogP contribution in [0.5, 0.6) is 0 Å². The van der Waals surface area contributed by atoms with Gasteiger partial charge in [0, 0.05) is 12.0 Å². The Bertz CT molecular complexity index is 509. The third kappa shape index (κ3) is 2.45. The third-order valence-corrected chi connectivity index (χ3v) is 2.55. The van der Waals surface area contributed by atoms with Crippen molar-refractivity contribution in [1.82, 2.24) is 5.32 Å². The van der Waals surface area contributed by atoms with Gasteiger partial charge in [-0.2, -0.15) is 5.26 Å². The van der Waals surface area contributed by atoms with Crippen molar-refractivity contribution in [3.63, 3.8) is 0 Å². The summed E-state index contributed by atoms with van der Waals surface area (Å²) in [6.07, 6.45) is 0.556. The number of amides is 1. The molecule has 0 aromatic heterocycles. The van der Waals surface area contributed by atoms with Crippen LogP contribution in [0.3, 0.4) is 0 Å². The number of nitriles is 1. The van der Waals surface area contributed by atoms with Gasteiger partial charge >= 0.3 is 0 Å². The minimum absolute atomic E-state index is 0.255. The number of aryl methyl sites for hydroxylation is 1. The number of carbonyl (C=O) groups is 1. The van der Waals surface area contributed by atoms with Crippen LogP contribution in [0.2, 0.25) is 0 Å². The molecule has 1 aromatic rings. The highest BCUT2D eigenvalue weighted by molar-refractivity contribution is 5.95. The molecule has 1 aliphatic heterocycles. The van der Waals surface area contributed by atoms with E-state index in [4.69, 9.17) is 10.00 Å². The number of nitrogens with zero attached hydrogens (tertiary/aromatic N) is 1. The Morgan fingerprint density at radius 2 is 2.12 bits per heavy atom. The highest BCUT2D eigenvalue weighted by Gasteiger charge is 2.18. The van der Waals surface area contributed by atoms with Crippen LogP contribution in [0, 0.1) is 18.3 Å². The molecule has 1 N–H and O–H groups in total. The van der Waals surface area contributed by atoms with Gasteiger partial charge in [-0.25, -0.2) is 0 Å². The second-order valence-corrected chi connectivity index (χ2v) is 3.84. The maximum absolute atomic E-state index is 11.8. The smallest absolute Gasteiger partial charge is 0.257 e. The van der Waals surface area contributed by atoms with Crippen molar-refractivity contribution >= 4 is 5.91 Å². The molecule has 1 heterocycles. The predicted octanol–water partition coefficient (Wildman–Crippen LogP) is 1.88. The zero-order chi connectivity index (χ0) is 12.3. The molecule has 1 amide bonds. The van der Waals surface area contributed by atoms with Crippen molar-refractivity contribution in [1.29, 1.82) is 5.26 Å². The third-order valence-electron chi connectivity index (χ3n) is 2.55. The van der Waals surface area contributed by atoms with Gasteiger partial charge in [0.15, 0.2) is 0 Å². The molecule has 0 bridgehead atoms. The minimum atomic E-state index is -0.255. The molecule has 0 aliphatic carbocycles. The summed E-state index contributed by atoms with van der Waals surface area (Å²) in [4.78, 5) is 11.8. The Morgan fingerprint density at radius 3 is 2.76 bits per heavy atom. The fourth-order valence-corrected chi connectivity index (χ4v) is 1.55. The maximum atomic E-state index is 11.8. The zero-order valence-corrected chi connectivity index (χ0v) is 9.49. The van der Waals surface area contributed by atoms with E-state index in [1.165, 1.54) is 0 Å². The monoisotopic (exact) mass is 228 g/mol. The van der Waals surface area contributed by atoms with E-state index in [1.54, 1.807) is 12.1 Å². The molecule has 0 spiro atoms. The van der Waals surface area contributed by atoms with Crippen molar-refractivity contribution in [2.45, 2.75) is 13.3 Å². The molecule has 86 valence electrons. The first kappa shape index (κ1) is 11.2. The lowest BCUT2D eigenvalue weighted by Gasteiger charge is -2.06. The minimum Gasteiger partial charge on any atom is -0.478 e. The summed E-state index contributed by atoms with van der Waals surface area (Å²) in [7, 11) is 0. The second-order valence-electron chi connectivity index (χ2n) is 3.84. The number of rotatable bonds is 2. The Morgan fingerprint density at radius 1 is 1.41 bits per heavy atom. The topological polar surface area (TPSA) is 62.1 Å². The summed E-state index contributed by atoms with van der Waals surface area (Å²) in [6.45, 7) is 2.41. The largest absolute Gasteiger partial charge is 0.478 e. The standard InChI is InChI=1S/C13H12N2O2/c1-9-2-4-10(5-3-9)12(16)15-13-11(8-14)6-7-17-13/h2-5H,6-7H2,1H3,(H,15,16). The van der Waals surface area contributed by atoms with Gasteiger partial charge in [0.2, 0.25) is 5.88 Å². The molecule has 0 saturated heterocycles. The summed E-state index contributed by atoms with van der Waals surface area (Å²) in [5.74, 6) is 0.0349. The van der Waals surface area contributed by atoms with Crippen LogP contribution in [0.25, 0.3) is 0 Å². The molecule has 1 aliphatic rings. The molecule has 1 aromatic carbocycles. The summed E-state index contributed by atoms with van der Waals surface area (Å²) >= 11 is 0. The highest BCUT2D eigenvalue weighted by atomic mass is 16.5. The molecule has 4 nitrogen and oxygen atoms in total. The molecule has 0 atom stereocenters. The first-order chi connectivity index (χ1) is 8.20. The van der Waals surface area contributed by atoms with Gasteiger partial charge in [-0.05, 0) is 19.1 Å². The van der Waals surface area contributed by atoms with Crippen LogP contribution >= 0.6 is 0 Å². The van der Waals surface area contributed by atoms with Crippen LogP contribution in [-0.2, 0) is 4.74 Å². The lowest BCUT2D eigenvalue weighted by molar-refractivity contribution is 0.0930. The van der Waals surface area contributed by atoms with Crippen molar-refractivity contribution in [2.75, 3.05) is 6.61 Å². The molecule has 0 radical (unpaired) electrons. The Labute approximate surface area is 99.5 Å². The zero-order valence-electron chi connectivity index (χ0n) is 9.49. The van der Waals surface area contributed by atoms with Crippen LogP contribution < -0.4 is 5.32 Å². The number of hydrogen-bond donors (Lipinski definition) is 1. The Kier molecular flexibility index (Phi) is 3.10. The Hall–Kier alpha value is -2.28. The molecule has 0 saturated carbocycles. The summed E-state index contributed by atoms with van der Waals surface area (Å²) in [5, 5.41) is 11.4. The summed E-state index contributed by atoms with van der Waals surface area (Å²) in [6, 6.07) is 9.23. The maximum Gasteiger partial charge on any atom is 0.257 e. The van der Waals surface area contributed by atoms with E-state index in [0.717, 1.165) is 5.56 Å². The van der Waals surface area contributed by atoms with E-state index in [0.29, 0.717) is 24.2 Å². The van der Waals surface area contributed by atoms with Gasteiger partial charge in [0.25, 0.3) is 5.91 Å². The lowest BCUT2D eigenvalue weighted by atomic mass is 10.1. The van der Waals surface area contributed by atoms with Crippen LogP contribution in [0.1, 0.15) is 22.3 Å². The van der Waals surface area contributed by atoms with Crippen molar-refractivity contribution in [3.8, 4) is 6.07 Å². The van der Waals surface area contributed by atoms with Crippen LogP contribution in [0.15, 0.2) is 35.7 Å². The summed E-state index contributed by atoms with van der Waals surface area (Å²) < 4.78 is 5.20. The first-order valence-corrected chi connectivity index (χ1v) is 5.35. The number of benzene rings is 1. The van der Waals surface area contributed by atoms with E-state index < -0.39 is 0 Å². The van der Waals surface area contributed by atoms with E-state index in [9.17, 15) is 4.79 Å². The van der Waals surface area contributed by atoms with E-state index in [-0.39, 0.29) is 11.8 Å².